The first-order valence-electron chi connectivity index (χ1n) is 12.2. The number of hydrogen-bond donors (Lipinski definition) is 2. The number of carbonyl (C=O) groups is 2. The van der Waals surface area contributed by atoms with Crippen LogP contribution in [-0.2, 0) is 11.4 Å². The summed E-state index contributed by atoms with van der Waals surface area (Å²) in [6, 6.07) is 18.3. The number of nitrogens with one attached hydrogen (secondary N) is 1. The zero-order valence-corrected chi connectivity index (χ0v) is 23.9. The van der Waals surface area contributed by atoms with Crippen molar-refractivity contribution in [2.24, 2.45) is 5.10 Å². The van der Waals surface area contributed by atoms with Crippen LogP contribution >= 0.6 is 15.9 Å². The molecule has 1 atom stereocenters. The molecule has 4 aromatic rings. The Kier molecular flexibility index (Phi) is 8.95. The standard InChI is InChI=1S/C29H28BrN3O7/c1-17-5-6-18(2)33(17)21-7-9-22(10-8-21)38-16-23-11-12-25(40-23)28(34)32-31-15-20-13-26(37-4)27(14-24(20)30)39-19(3)29(35)36/h5-15,19H,16H2,1-4H3,(H,32,34)(H,35,36)/b31-15+/t19-/m1/s1. The molecule has 0 unspecified atom stereocenters. The van der Waals surface area contributed by atoms with Gasteiger partial charge in [-0.3, -0.25) is 4.79 Å². The molecule has 4 rings (SSSR count). The second kappa shape index (κ2) is 12.6. The van der Waals surface area contributed by atoms with Crippen LogP contribution in [0.3, 0.4) is 0 Å². The van der Waals surface area contributed by atoms with Crippen LogP contribution in [0.15, 0.2) is 74.7 Å². The summed E-state index contributed by atoms with van der Waals surface area (Å²) in [7, 11) is 1.43. The Morgan fingerprint density at radius 2 is 1.77 bits per heavy atom. The average Bonchev–Trinajstić information content (AvgIpc) is 3.55. The number of carboxylic acids is 1. The highest BCUT2D eigenvalue weighted by molar-refractivity contribution is 9.10. The van der Waals surface area contributed by atoms with Gasteiger partial charge in [0, 0.05) is 27.1 Å². The van der Waals surface area contributed by atoms with Gasteiger partial charge in [0.15, 0.2) is 23.4 Å². The zero-order valence-electron chi connectivity index (χ0n) is 22.3. The summed E-state index contributed by atoms with van der Waals surface area (Å²) in [6.07, 6.45) is 0.343. The molecule has 2 N–H and O–H groups in total. The third-order valence-electron chi connectivity index (χ3n) is 5.94. The SMILES string of the molecule is COc1cc(/C=N/NC(=O)c2ccc(COc3ccc(-n4c(C)ccc4C)cc3)o2)c(Br)cc1O[C@H](C)C(=O)O. The van der Waals surface area contributed by atoms with Crippen molar-refractivity contribution in [1.82, 2.24) is 9.99 Å². The van der Waals surface area contributed by atoms with Gasteiger partial charge >= 0.3 is 11.9 Å². The lowest BCUT2D eigenvalue weighted by Gasteiger charge is -2.15. The number of ether oxygens (including phenoxy) is 3. The molecule has 10 nitrogen and oxygen atoms in total. The second-order valence-corrected chi connectivity index (χ2v) is 9.68. The van der Waals surface area contributed by atoms with Gasteiger partial charge in [-0.05, 0) is 97.4 Å². The predicted octanol–water partition coefficient (Wildman–Crippen LogP) is 5.65. The van der Waals surface area contributed by atoms with E-state index in [0.29, 0.717) is 27.3 Å². The Labute approximate surface area is 239 Å². The van der Waals surface area contributed by atoms with E-state index in [4.69, 9.17) is 23.7 Å². The van der Waals surface area contributed by atoms with Crippen LogP contribution in [-0.4, -0.2) is 41.0 Å². The summed E-state index contributed by atoms with van der Waals surface area (Å²) in [4.78, 5) is 23.6. The average molecular weight is 610 g/mol. The maximum atomic E-state index is 12.5. The predicted molar refractivity (Wildman–Crippen MR) is 152 cm³/mol. The molecule has 0 aliphatic carbocycles. The minimum Gasteiger partial charge on any atom is -0.493 e. The number of carbonyl (C=O) groups excluding carboxylic acids is 1. The highest BCUT2D eigenvalue weighted by atomic mass is 79.9. The fraction of sp³-hybridized carbons (Fsp3) is 0.207. The third-order valence-corrected chi connectivity index (χ3v) is 6.62. The number of halogens is 1. The number of hydrogen-bond acceptors (Lipinski definition) is 7. The Bertz CT molecular complexity index is 1520. The Hall–Kier alpha value is -4.51. The summed E-state index contributed by atoms with van der Waals surface area (Å²) >= 11 is 3.39. The van der Waals surface area contributed by atoms with E-state index < -0.39 is 18.0 Å². The summed E-state index contributed by atoms with van der Waals surface area (Å²) in [5, 5.41) is 13.1. The quantitative estimate of drug-likeness (QED) is 0.166. The molecule has 11 heteroatoms. The van der Waals surface area contributed by atoms with Crippen LogP contribution in [0.25, 0.3) is 5.69 Å². The highest BCUT2D eigenvalue weighted by Gasteiger charge is 2.17. The molecule has 1 amide bonds. The monoisotopic (exact) mass is 609 g/mol. The number of aryl methyl sites for hydroxylation is 2. The smallest absolute Gasteiger partial charge is 0.344 e. The fourth-order valence-corrected chi connectivity index (χ4v) is 4.28. The van der Waals surface area contributed by atoms with E-state index in [9.17, 15) is 9.59 Å². The minimum absolute atomic E-state index is 0.0766. The van der Waals surface area contributed by atoms with Gasteiger partial charge in [0.25, 0.3) is 0 Å². The molecule has 0 bridgehead atoms. The van der Waals surface area contributed by atoms with E-state index >= 15 is 0 Å². The van der Waals surface area contributed by atoms with Crippen molar-refractivity contribution in [3.05, 3.63) is 93.6 Å². The molecule has 0 saturated carbocycles. The van der Waals surface area contributed by atoms with Crippen molar-refractivity contribution in [1.29, 1.82) is 0 Å². The first-order chi connectivity index (χ1) is 19.2. The van der Waals surface area contributed by atoms with E-state index in [1.54, 1.807) is 24.3 Å². The molecule has 2 aromatic carbocycles. The van der Waals surface area contributed by atoms with Crippen LogP contribution < -0.4 is 19.6 Å². The van der Waals surface area contributed by atoms with Gasteiger partial charge in [0.1, 0.15) is 18.1 Å². The number of nitrogens with zero attached hydrogens (tertiary/aromatic N) is 2. The van der Waals surface area contributed by atoms with Crippen molar-refractivity contribution >= 4 is 34.0 Å². The molecule has 0 aliphatic heterocycles. The molecule has 0 saturated heterocycles. The molecular weight excluding hydrogens is 582 g/mol. The number of aromatic nitrogens is 1. The second-order valence-electron chi connectivity index (χ2n) is 8.82. The molecule has 40 heavy (non-hydrogen) atoms. The molecule has 2 heterocycles. The van der Waals surface area contributed by atoms with Gasteiger partial charge in [-0.15, -0.1) is 0 Å². The van der Waals surface area contributed by atoms with Crippen molar-refractivity contribution in [2.45, 2.75) is 33.5 Å². The van der Waals surface area contributed by atoms with Crippen molar-refractivity contribution in [2.75, 3.05) is 7.11 Å². The normalized spacial score (nSPS) is 11.8. The van der Waals surface area contributed by atoms with Gasteiger partial charge in [-0.25, -0.2) is 10.2 Å². The summed E-state index contributed by atoms with van der Waals surface area (Å²) < 4.78 is 24.9. The Balaban J connectivity index is 1.33. The highest BCUT2D eigenvalue weighted by Crippen LogP contribution is 2.33. The molecular formula is C29H28BrN3O7. The van der Waals surface area contributed by atoms with Gasteiger partial charge in [0.05, 0.1) is 13.3 Å². The van der Waals surface area contributed by atoms with Gasteiger partial charge < -0.3 is 28.3 Å². The number of carboxylic acid groups (broad SMARTS) is 1. The Morgan fingerprint density at radius 1 is 1.07 bits per heavy atom. The van der Waals surface area contributed by atoms with E-state index in [1.807, 2.05) is 24.3 Å². The van der Waals surface area contributed by atoms with E-state index in [-0.39, 0.29) is 18.1 Å². The van der Waals surface area contributed by atoms with Gasteiger partial charge in [-0.1, -0.05) is 0 Å². The number of benzene rings is 2. The third kappa shape index (κ3) is 6.73. The van der Waals surface area contributed by atoms with Crippen LogP contribution in [0.5, 0.6) is 17.2 Å². The van der Waals surface area contributed by atoms with E-state index in [2.05, 4.69) is 57.0 Å². The molecule has 2 aromatic heterocycles. The number of aliphatic carboxylic acids is 1. The number of methoxy groups -OCH3 is 1. The lowest BCUT2D eigenvalue weighted by molar-refractivity contribution is -0.144. The number of amides is 1. The molecule has 0 aliphatic rings. The summed E-state index contributed by atoms with van der Waals surface area (Å²) in [5.41, 5.74) is 6.33. The fourth-order valence-electron chi connectivity index (χ4n) is 3.86. The van der Waals surface area contributed by atoms with Crippen molar-refractivity contribution < 1.29 is 33.3 Å². The summed E-state index contributed by atoms with van der Waals surface area (Å²) in [5.74, 6) is 0.145. The van der Waals surface area contributed by atoms with Gasteiger partial charge in [-0.2, -0.15) is 5.10 Å². The van der Waals surface area contributed by atoms with Gasteiger partial charge in [0.2, 0.25) is 0 Å². The summed E-state index contributed by atoms with van der Waals surface area (Å²) in [6.45, 7) is 5.68. The van der Waals surface area contributed by atoms with E-state index in [1.165, 1.54) is 20.2 Å². The van der Waals surface area contributed by atoms with Crippen LogP contribution in [0, 0.1) is 13.8 Å². The lowest BCUT2D eigenvalue weighted by atomic mass is 10.2. The van der Waals surface area contributed by atoms with Crippen LogP contribution in [0.2, 0.25) is 0 Å². The maximum absolute atomic E-state index is 12.5. The number of hydrazone groups is 1. The molecule has 208 valence electrons. The van der Waals surface area contributed by atoms with Crippen molar-refractivity contribution in [3.63, 3.8) is 0 Å². The zero-order chi connectivity index (χ0) is 28.8. The molecule has 0 radical (unpaired) electrons. The van der Waals surface area contributed by atoms with E-state index in [0.717, 1.165) is 17.1 Å². The largest absolute Gasteiger partial charge is 0.493 e. The molecule has 0 fully saturated rings. The van der Waals surface area contributed by atoms with Crippen LogP contribution in [0.1, 0.15) is 40.2 Å². The van der Waals surface area contributed by atoms with Crippen molar-refractivity contribution in [3.8, 4) is 22.9 Å². The first kappa shape index (κ1) is 28.5. The Morgan fingerprint density at radius 3 is 2.42 bits per heavy atom. The minimum atomic E-state index is -1.10. The topological polar surface area (TPSA) is 125 Å². The maximum Gasteiger partial charge on any atom is 0.344 e. The first-order valence-corrected chi connectivity index (χ1v) is 13.0. The number of rotatable bonds is 11. The lowest BCUT2D eigenvalue weighted by Crippen LogP contribution is -2.23. The number of furan rings is 1. The molecule has 0 spiro atoms. The van der Waals surface area contributed by atoms with Crippen LogP contribution in [0.4, 0.5) is 0 Å².